The predicted molar refractivity (Wildman–Crippen MR) is 105 cm³/mol. The van der Waals surface area contributed by atoms with Crippen molar-refractivity contribution in [2.75, 3.05) is 24.8 Å². The maximum absolute atomic E-state index is 11.7. The van der Waals surface area contributed by atoms with Crippen LogP contribution in [0.3, 0.4) is 0 Å². The highest BCUT2D eigenvalue weighted by Crippen LogP contribution is 2.39. The molecule has 0 spiro atoms. The number of aromatic nitrogens is 3. The lowest BCUT2D eigenvalue weighted by molar-refractivity contribution is 0.100. The topological polar surface area (TPSA) is 149 Å². The first-order valence-corrected chi connectivity index (χ1v) is 8.85. The second-order valence-electron chi connectivity index (χ2n) is 6.57. The average molecular weight is 388 g/mol. The molecule has 3 heterocycles. The van der Waals surface area contributed by atoms with Gasteiger partial charge in [-0.15, -0.1) is 11.3 Å². The lowest BCUT2D eigenvalue weighted by Crippen LogP contribution is -2.35. The Morgan fingerprint density at radius 2 is 2.11 bits per heavy atom. The van der Waals surface area contributed by atoms with E-state index in [1.807, 2.05) is 13.8 Å². The molecule has 3 aromatic rings. The largest absolute Gasteiger partial charge is 0.495 e. The van der Waals surface area contributed by atoms with Gasteiger partial charge in [-0.2, -0.15) is 0 Å². The molecule has 0 aromatic carbocycles. The summed E-state index contributed by atoms with van der Waals surface area (Å²) in [4.78, 5) is 25.6. The van der Waals surface area contributed by atoms with E-state index in [2.05, 4.69) is 20.3 Å². The third-order valence-corrected chi connectivity index (χ3v) is 4.99. The number of aliphatic hydroxyl groups excluding tert-OH is 1. The number of carbonyl (C=O) groups excluding carboxylic acids is 1. The summed E-state index contributed by atoms with van der Waals surface area (Å²) in [6.45, 7) is 3.50. The smallest absolute Gasteiger partial charge is 0.260 e. The third kappa shape index (κ3) is 3.62. The number of thiophene rings is 1. The molecule has 0 aliphatic carbocycles. The van der Waals surface area contributed by atoms with Crippen molar-refractivity contribution in [3.05, 3.63) is 23.3 Å². The molecule has 142 valence electrons. The summed E-state index contributed by atoms with van der Waals surface area (Å²) >= 11 is 1.09. The molecule has 0 saturated heterocycles. The monoisotopic (exact) mass is 388 g/mol. The van der Waals surface area contributed by atoms with E-state index in [0.717, 1.165) is 11.3 Å². The van der Waals surface area contributed by atoms with Crippen molar-refractivity contribution in [1.29, 1.82) is 0 Å². The highest BCUT2D eigenvalue weighted by atomic mass is 32.1. The van der Waals surface area contributed by atoms with Gasteiger partial charge in [-0.25, -0.2) is 9.97 Å². The lowest BCUT2D eigenvalue weighted by Gasteiger charge is -2.23. The molecular weight excluding hydrogens is 368 g/mol. The summed E-state index contributed by atoms with van der Waals surface area (Å²) in [6, 6.07) is 1.76. The van der Waals surface area contributed by atoms with E-state index in [0.29, 0.717) is 27.2 Å². The Morgan fingerprint density at radius 3 is 2.74 bits per heavy atom. The van der Waals surface area contributed by atoms with Crippen LogP contribution in [0.1, 0.15) is 23.5 Å². The summed E-state index contributed by atoms with van der Waals surface area (Å²) in [5.74, 6) is 0.209. The van der Waals surface area contributed by atoms with Crippen molar-refractivity contribution < 1.29 is 14.6 Å². The first-order chi connectivity index (χ1) is 12.8. The number of hydrogen-bond acceptors (Lipinski definition) is 9. The number of nitrogen functional groups attached to an aromatic ring is 1. The molecule has 6 N–H and O–H groups in total. The van der Waals surface area contributed by atoms with Gasteiger partial charge >= 0.3 is 0 Å². The fraction of sp³-hybridized carbons (Fsp3) is 0.294. The van der Waals surface area contributed by atoms with E-state index in [9.17, 15) is 9.90 Å². The molecule has 0 fully saturated rings. The maximum atomic E-state index is 11.7. The SMILES string of the molecule is COc1cncc(-c2nc(NC(C)(C)CO)nc3sc(C(N)=O)c(N)c23)c1. The van der Waals surface area contributed by atoms with Crippen LogP contribution in [0, 0.1) is 0 Å². The Bertz CT molecular complexity index is 1020. The minimum absolute atomic E-state index is 0.121. The minimum atomic E-state index is -0.646. The van der Waals surface area contributed by atoms with Gasteiger partial charge in [0.05, 0.1) is 42.2 Å². The first kappa shape index (κ1) is 18.8. The van der Waals surface area contributed by atoms with Crippen molar-refractivity contribution in [2.45, 2.75) is 19.4 Å². The molecule has 0 atom stereocenters. The maximum Gasteiger partial charge on any atom is 0.260 e. The Kier molecular flexibility index (Phi) is 4.85. The van der Waals surface area contributed by atoms with Crippen molar-refractivity contribution in [3.8, 4) is 17.0 Å². The van der Waals surface area contributed by atoms with Crippen LogP contribution in [0.4, 0.5) is 11.6 Å². The standard InChI is InChI=1S/C17H20N6O3S/c1-17(2,7-24)23-16-21-12(8-4-9(26-3)6-20-5-8)10-11(18)13(14(19)25)27-15(10)22-16/h4-6,24H,7,18H2,1-3H3,(H2,19,25)(H,21,22,23). The van der Waals surface area contributed by atoms with Crippen LogP contribution in [-0.4, -0.2) is 45.2 Å². The van der Waals surface area contributed by atoms with Gasteiger partial charge in [-0.3, -0.25) is 9.78 Å². The summed E-state index contributed by atoms with van der Waals surface area (Å²) in [5.41, 5.74) is 12.3. The van der Waals surface area contributed by atoms with Gasteiger partial charge in [-0.1, -0.05) is 0 Å². The van der Waals surface area contributed by atoms with Crippen LogP contribution in [-0.2, 0) is 0 Å². The number of methoxy groups -OCH3 is 1. The predicted octanol–water partition coefficient (Wildman–Crippen LogP) is 1.63. The molecule has 0 aliphatic rings. The zero-order chi connectivity index (χ0) is 19.8. The Hall–Kier alpha value is -2.98. The number of ether oxygens (including phenoxy) is 1. The van der Waals surface area contributed by atoms with E-state index in [4.69, 9.17) is 16.2 Å². The molecule has 0 aliphatic heterocycles. The van der Waals surface area contributed by atoms with E-state index in [1.165, 1.54) is 7.11 Å². The fourth-order valence-electron chi connectivity index (χ4n) is 2.47. The summed E-state index contributed by atoms with van der Waals surface area (Å²) in [5, 5.41) is 13.1. The van der Waals surface area contributed by atoms with E-state index < -0.39 is 11.4 Å². The van der Waals surface area contributed by atoms with E-state index >= 15 is 0 Å². The highest BCUT2D eigenvalue weighted by molar-refractivity contribution is 7.21. The zero-order valence-electron chi connectivity index (χ0n) is 15.1. The number of nitrogens with one attached hydrogen (secondary N) is 1. The Balaban J connectivity index is 2.28. The number of anilines is 2. The molecule has 9 nitrogen and oxygen atoms in total. The van der Waals surface area contributed by atoms with Gasteiger partial charge in [-0.05, 0) is 19.9 Å². The van der Waals surface area contributed by atoms with Crippen LogP contribution >= 0.6 is 11.3 Å². The first-order valence-electron chi connectivity index (χ1n) is 8.04. The van der Waals surface area contributed by atoms with E-state index in [1.54, 1.807) is 18.5 Å². The van der Waals surface area contributed by atoms with Gasteiger partial charge in [0.25, 0.3) is 5.91 Å². The van der Waals surface area contributed by atoms with Gasteiger partial charge in [0.1, 0.15) is 15.5 Å². The van der Waals surface area contributed by atoms with Gasteiger partial charge in [0, 0.05) is 11.8 Å². The van der Waals surface area contributed by atoms with Gasteiger partial charge in [0.2, 0.25) is 5.95 Å². The Morgan fingerprint density at radius 1 is 1.37 bits per heavy atom. The number of pyridine rings is 1. The summed E-state index contributed by atoms with van der Waals surface area (Å²) in [6.07, 6.45) is 3.19. The minimum Gasteiger partial charge on any atom is -0.495 e. The second kappa shape index (κ2) is 6.97. The highest BCUT2D eigenvalue weighted by Gasteiger charge is 2.23. The summed E-state index contributed by atoms with van der Waals surface area (Å²) < 4.78 is 5.23. The molecule has 0 unspecified atom stereocenters. The number of rotatable bonds is 6. The lowest BCUT2D eigenvalue weighted by atomic mass is 10.1. The Labute approximate surface area is 159 Å². The number of nitrogens with zero attached hydrogens (tertiary/aromatic N) is 3. The summed E-state index contributed by atoms with van der Waals surface area (Å²) in [7, 11) is 1.54. The molecule has 10 heteroatoms. The normalized spacial score (nSPS) is 11.6. The van der Waals surface area contributed by atoms with E-state index in [-0.39, 0.29) is 23.1 Å². The van der Waals surface area contributed by atoms with Crippen LogP contribution in [0.15, 0.2) is 18.5 Å². The van der Waals surface area contributed by atoms with Gasteiger partial charge < -0.3 is 26.6 Å². The number of primary amides is 1. The molecule has 0 radical (unpaired) electrons. The second-order valence-corrected chi connectivity index (χ2v) is 7.56. The number of carbonyl (C=O) groups is 1. The van der Waals surface area contributed by atoms with Crippen LogP contribution < -0.4 is 21.5 Å². The van der Waals surface area contributed by atoms with Crippen LogP contribution in [0.25, 0.3) is 21.5 Å². The molecular formula is C17H20N6O3S. The fourth-order valence-corrected chi connectivity index (χ4v) is 3.42. The average Bonchev–Trinajstić information content (AvgIpc) is 2.97. The molecule has 27 heavy (non-hydrogen) atoms. The molecule has 3 rings (SSSR count). The van der Waals surface area contributed by atoms with Crippen LogP contribution in [0.5, 0.6) is 5.75 Å². The number of amides is 1. The van der Waals surface area contributed by atoms with Crippen molar-refractivity contribution >= 4 is 39.1 Å². The zero-order valence-corrected chi connectivity index (χ0v) is 15.9. The molecule has 1 amide bonds. The molecule has 0 saturated carbocycles. The number of fused-ring (bicyclic) bond motifs is 1. The quantitative estimate of drug-likeness (QED) is 0.498. The van der Waals surface area contributed by atoms with Crippen molar-refractivity contribution in [1.82, 2.24) is 15.0 Å². The van der Waals surface area contributed by atoms with Gasteiger partial charge in [0.15, 0.2) is 0 Å². The molecule has 0 bridgehead atoms. The number of hydrogen-bond donors (Lipinski definition) is 4. The third-order valence-electron chi connectivity index (χ3n) is 3.88. The van der Waals surface area contributed by atoms with Crippen LogP contribution in [0.2, 0.25) is 0 Å². The number of nitrogens with two attached hydrogens (primary N) is 2. The molecule has 3 aromatic heterocycles. The van der Waals surface area contributed by atoms with Crippen molar-refractivity contribution in [2.24, 2.45) is 5.73 Å². The van der Waals surface area contributed by atoms with Crippen molar-refractivity contribution in [3.63, 3.8) is 0 Å². The number of aliphatic hydroxyl groups is 1.